The number of benzene rings is 1. The second-order valence-electron chi connectivity index (χ2n) is 5.10. The van der Waals surface area contributed by atoms with E-state index < -0.39 is 18.0 Å². The minimum Gasteiger partial charge on any atom is -0.396 e. The molecule has 1 fully saturated rings. The minimum atomic E-state index is -0.869. The Labute approximate surface area is 127 Å². The molecule has 1 aromatic rings. The van der Waals surface area contributed by atoms with E-state index in [1.54, 1.807) is 7.05 Å². The van der Waals surface area contributed by atoms with Crippen LogP contribution in [0.4, 0.5) is 4.39 Å². The summed E-state index contributed by atoms with van der Waals surface area (Å²) >= 11 is 0. The van der Waals surface area contributed by atoms with Gasteiger partial charge in [-0.25, -0.2) is 4.39 Å². The lowest BCUT2D eigenvalue weighted by atomic mass is 9.97. The smallest absolute Gasteiger partial charge is 0.251 e. The van der Waals surface area contributed by atoms with Gasteiger partial charge in [0.1, 0.15) is 12.4 Å². The van der Waals surface area contributed by atoms with E-state index in [2.05, 4.69) is 5.32 Å². The highest BCUT2D eigenvalue weighted by atomic mass is 19.1. The molecule has 0 bridgehead atoms. The maximum atomic E-state index is 13.1. The van der Waals surface area contributed by atoms with Crippen LogP contribution in [0.5, 0.6) is 0 Å². The molecule has 22 heavy (non-hydrogen) atoms. The van der Waals surface area contributed by atoms with Crippen molar-refractivity contribution < 1.29 is 23.8 Å². The van der Waals surface area contributed by atoms with Crippen LogP contribution in [0.3, 0.4) is 0 Å². The minimum absolute atomic E-state index is 0.0222. The van der Waals surface area contributed by atoms with Crippen molar-refractivity contribution in [2.75, 3.05) is 26.8 Å². The Morgan fingerprint density at radius 2 is 2.14 bits per heavy atom. The molecule has 1 heterocycles. The fourth-order valence-electron chi connectivity index (χ4n) is 2.38. The van der Waals surface area contributed by atoms with Crippen molar-refractivity contribution in [3.8, 4) is 0 Å². The van der Waals surface area contributed by atoms with Crippen LogP contribution < -0.4 is 5.32 Å². The third kappa shape index (κ3) is 3.61. The van der Waals surface area contributed by atoms with Crippen molar-refractivity contribution in [1.29, 1.82) is 0 Å². The van der Waals surface area contributed by atoms with Gasteiger partial charge in [-0.15, -0.1) is 0 Å². The molecule has 7 heteroatoms. The Morgan fingerprint density at radius 3 is 2.77 bits per heavy atom. The summed E-state index contributed by atoms with van der Waals surface area (Å²) in [5.74, 6) is -0.991. The number of nitrogens with one attached hydrogen (secondary N) is 1. The molecule has 120 valence electrons. The van der Waals surface area contributed by atoms with Gasteiger partial charge in [-0.1, -0.05) is 12.1 Å². The lowest BCUT2D eigenvalue weighted by molar-refractivity contribution is -0.162. The molecule has 2 unspecified atom stereocenters. The summed E-state index contributed by atoms with van der Waals surface area (Å²) < 4.78 is 18.5. The van der Waals surface area contributed by atoms with E-state index in [1.165, 1.54) is 29.2 Å². The van der Waals surface area contributed by atoms with Crippen LogP contribution in [0, 0.1) is 5.82 Å². The van der Waals surface area contributed by atoms with Gasteiger partial charge in [-0.2, -0.15) is 0 Å². The van der Waals surface area contributed by atoms with Crippen LogP contribution in [0.15, 0.2) is 24.3 Å². The summed E-state index contributed by atoms with van der Waals surface area (Å²) in [7, 11) is 1.59. The van der Waals surface area contributed by atoms with Gasteiger partial charge in [0.05, 0.1) is 6.04 Å². The van der Waals surface area contributed by atoms with Crippen molar-refractivity contribution in [2.24, 2.45) is 0 Å². The standard InChI is InChI=1S/C15H19FN2O4/c1-18-12(20)9-22-14(15(21)17-7-2-8-19)13(18)10-3-5-11(16)6-4-10/h3-6,13-14,19H,2,7-9H2,1H3,(H,17,21). The number of amides is 2. The number of ether oxygens (including phenoxy) is 1. The van der Waals surface area contributed by atoms with Crippen LogP contribution in [-0.2, 0) is 14.3 Å². The summed E-state index contributed by atoms with van der Waals surface area (Å²) in [6.07, 6.45) is -0.430. The number of hydrogen-bond donors (Lipinski definition) is 2. The first-order valence-corrected chi connectivity index (χ1v) is 7.06. The molecular weight excluding hydrogens is 291 g/mol. The van der Waals surface area contributed by atoms with Gasteiger partial charge in [0, 0.05) is 20.2 Å². The molecule has 0 spiro atoms. The fraction of sp³-hybridized carbons (Fsp3) is 0.467. The van der Waals surface area contributed by atoms with Gasteiger partial charge in [-0.05, 0) is 24.1 Å². The summed E-state index contributed by atoms with van der Waals surface area (Å²) in [5.41, 5.74) is 0.624. The van der Waals surface area contributed by atoms with E-state index in [4.69, 9.17) is 9.84 Å². The predicted molar refractivity (Wildman–Crippen MR) is 76.4 cm³/mol. The third-order valence-electron chi connectivity index (χ3n) is 3.59. The zero-order valence-corrected chi connectivity index (χ0v) is 12.3. The van der Waals surface area contributed by atoms with Gasteiger partial charge in [0.15, 0.2) is 6.10 Å². The topological polar surface area (TPSA) is 78.9 Å². The average molecular weight is 310 g/mol. The summed E-state index contributed by atoms with van der Waals surface area (Å²) in [4.78, 5) is 25.5. The number of aliphatic hydroxyl groups excluding tert-OH is 1. The molecule has 2 atom stereocenters. The summed E-state index contributed by atoms with van der Waals surface area (Å²) in [6, 6.07) is 5.02. The van der Waals surface area contributed by atoms with E-state index in [1.807, 2.05) is 0 Å². The Bertz CT molecular complexity index is 535. The highest BCUT2D eigenvalue weighted by Gasteiger charge is 2.39. The first-order chi connectivity index (χ1) is 10.5. The van der Waals surface area contributed by atoms with Crippen molar-refractivity contribution >= 4 is 11.8 Å². The number of morpholine rings is 1. The number of hydrogen-bond acceptors (Lipinski definition) is 4. The zero-order valence-electron chi connectivity index (χ0n) is 12.3. The molecule has 1 aliphatic rings. The first kappa shape index (κ1) is 16.4. The highest BCUT2D eigenvalue weighted by Crippen LogP contribution is 2.29. The highest BCUT2D eigenvalue weighted by molar-refractivity contribution is 5.86. The van der Waals surface area contributed by atoms with Gasteiger partial charge < -0.3 is 20.1 Å². The van der Waals surface area contributed by atoms with E-state index in [0.717, 1.165) is 0 Å². The molecular formula is C15H19FN2O4. The number of rotatable bonds is 5. The largest absolute Gasteiger partial charge is 0.396 e. The number of likely N-dealkylation sites (N-methyl/N-ethyl adjacent to an activating group) is 1. The van der Waals surface area contributed by atoms with Gasteiger partial charge in [0.2, 0.25) is 5.91 Å². The van der Waals surface area contributed by atoms with Gasteiger partial charge in [-0.3, -0.25) is 9.59 Å². The Morgan fingerprint density at radius 1 is 1.45 bits per heavy atom. The second kappa shape index (κ2) is 7.33. The van der Waals surface area contributed by atoms with Crippen molar-refractivity contribution in [3.63, 3.8) is 0 Å². The van der Waals surface area contributed by atoms with Crippen LogP contribution in [0.25, 0.3) is 0 Å². The Balaban J connectivity index is 2.20. The number of carbonyl (C=O) groups excluding carboxylic acids is 2. The van der Waals surface area contributed by atoms with Crippen molar-refractivity contribution in [2.45, 2.75) is 18.6 Å². The molecule has 6 nitrogen and oxygen atoms in total. The van der Waals surface area contributed by atoms with Crippen LogP contribution >= 0.6 is 0 Å². The van der Waals surface area contributed by atoms with E-state index in [0.29, 0.717) is 18.5 Å². The molecule has 1 saturated heterocycles. The fourth-order valence-corrected chi connectivity index (χ4v) is 2.38. The monoisotopic (exact) mass is 310 g/mol. The van der Waals surface area contributed by atoms with Crippen molar-refractivity contribution in [3.05, 3.63) is 35.6 Å². The maximum absolute atomic E-state index is 13.1. The number of halogens is 1. The predicted octanol–water partition coefficient (Wildman–Crippen LogP) is 0.223. The van der Waals surface area contributed by atoms with Crippen molar-refractivity contribution in [1.82, 2.24) is 10.2 Å². The van der Waals surface area contributed by atoms with E-state index >= 15 is 0 Å². The van der Waals surface area contributed by atoms with Gasteiger partial charge >= 0.3 is 0 Å². The number of carbonyl (C=O) groups is 2. The molecule has 2 amide bonds. The summed E-state index contributed by atoms with van der Waals surface area (Å²) in [6.45, 7) is 0.126. The number of aliphatic hydroxyl groups is 1. The Kier molecular flexibility index (Phi) is 5.46. The Hall–Kier alpha value is -1.99. The molecule has 1 aromatic carbocycles. The lowest BCUT2D eigenvalue weighted by Crippen LogP contribution is -2.53. The molecule has 0 aromatic heterocycles. The second-order valence-corrected chi connectivity index (χ2v) is 5.10. The third-order valence-corrected chi connectivity index (χ3v) is 3.59. The average Bonchev–Trinajstić information content (AvgIpc) is 2.51. The molecule has 2 rings (SSSR count). The first-order valence-electron chi connectivity index (χ1n) is 7.06. The molecule has 0 aliphatic carbocycles. The zero-order chi connectivity index (χ0) is 16.1. The van der Waals surface area contributed by atoms with Gasteiger partial charge in [0.25, 0.3) is 5.91 Å². The van der Waals surface area contributed by atoms with Crippen LogP contribution in [-0.4, -0.2) is 54.7 Å². The van der Waals surface area contributed by atoms with Crippen LogP contribution in [0.1, 0.15) is 18.0 Å². The van der Waals surface area contributed by atoms with E-state index in [-0.39, 0.29) is 25.0 Å². The quantitative estimate of drug-likeness (QED) is 0.763. The molecule has 2 N–H and O–H groups in total. The van der Waals surface area contributed by atoms with E-state index in [9.17, 15) is 14.0 Å². The maximum Gasteiger partial charge on any atom is 0.251 e. The molecule has 0 saturated carbocycles. The SMILES string of the molecule is CN1C(=O)COC(C(=O)NCCCO)C1c1ccc(F)cc1. The number of nitrogens with zero attached hydrogens (tertiary/aromatic N) is 1. The molecule has 0 radical (unpaired) electrons. The lowest BCUT2D eigenvalue weighted by Gasteiger charge is -2.38. The van der Waals surface area contributed by atoms with Crippen LogP contribution in [0.2, 0.25) is 0 Å². The summed E-state index contributed by atoms with van der Waals surface area (Å²) in [5, 5.41) is 11.4. The normalized spacial score (nSPS) is 21.8. The molecule has 1 aliphatic heterocycles.